The Morgan fingerprint density at radius 3 is 2.62 bits per heavy atom. The predicted molar refractivity (Wildman–Crippen MR) is 110 cm³/mol. The van der Waals surface area contributed by atoms with Crippen LogP contribution in [0.1, 0.15) is 33.5 Å². The molecular weight excluding hydrogens is 391 g/mol. The van der Waals surface area contributed by atoms with Gasteiger partial charge in [0, 0.05) is 33.1 Å². The van der Waals surface area contributed by atoms with Crippen LogP contribution >= 0.6 is 11.3 Å². The smallest absolute Gasteiger partial charge is 0.358 e. The Kier molecular flexibility index (Phi) is 4.98. The van der Waals surface area contributed by atoms with Gasteiger partial charge in [0.2, 0.25) is 5.78 Å². The van der Waals surface area contributed by atoms with E-state index in [9.17, 15) is 14.0 Å². The van der Waals surface area contributed by atoms with Crippen molar-refractivity contribution < 1.29 is 18.7 Å². The van der Waals surface area contributed by atoms with Gasteiger partial charge in [0.05, 0.1) is 0 Å². The summed E-state index contributed by atoms with van der Waals surface area (Å²) in [4.78, 5) is 32.8. The highest BCUT2D eigenvalue weighted by molar-refractivity contribution is 7.13. The number of ketones is 1. The van der Waals surface area contributed by atoms with E-state index in [1.54, 1.807) is 24.4 Å². The molecule has 0 amide bonds. The van der Waals surface area contributed by atoms with Gasteiger partial charge in [0.1, 0.15) is 10.8 Å². The number of thiazole rings is 1. The summed E-state index contributed by atoms with van der Waals surface area (Å²) < 4.78 is 18.4. The summed E-state index contributed by atoms with van der Waals surface area (Å²) in [7, 11) is 0. The molecular formula is C22H17FN2O3S. The summed E-state index contributed by atoms with van der Waals surface area (Å²) >= 11 is 1.25. The number of aryl methyl sites for hydroxylation is 1. The van der Waals surface area contributed by atoms with Crippen LogP contribution in [0.15, 0.2) is 53.9 Å². The molecule has 4 aromatic rings. The zero-order valence-electron chi connectivity index (χ0n) is 15.7. The van der Waals surface area contributed by atoms with E-state index in [2.05, 4.69) is 9.97 Å². The normalized spacial score (nSPS) is 12.1. The average Bonchev–Trinajstić information content (AvgIpc) is 3.32. The highest BCUT2D eigenvalue weighted by atomic mass is 32.1. The van der Waals surface area contributed by atoms with Crippen molar-refractivity contribution in [2.24, 2.45) is 0 Å². The first-order valence-corrected chi connectivity index (χ1v) is 9.86. The highest BCUT2D eigenvalue weighted by Gasteiger charge is 2.25. The summed E-state index contributed by atoms with van der Waals surface area (Å²) in [6, 6.07) is 13.3. The average molecular weight is 408 g/mol. The standard InChI is InChI=1S/C22H17FN2O3S/c1-12-19(16-5-3-4-6-17(16)24-12)20(26)13(2)28-22(27)18-11-29-21(25-18)14-7-9-15(23)10-8-14/h3-11,13,24H,1-2H3/t13-/m0/s1. The van der Waals surface area contributed by atoms with E-state index >= 15 is 0 Å². The number of hydrogen-bond acceptors (Lipinski definition) is 5. The van der Waals surface area contributed by atoms with E-state index in [-0.39, 0.29) is 17.3 Å². The number of carbonyl (C=O) groups excluding carboxylic acids is 2. The summed E-state index contributed by atoms with van der Waals surface area (Å²) in [5, 5.41) is 2.93. The molecule has 1 N–H and O–H groups in total. The van der Waals surface area contributed by atoms with Crippen LogP contribution in [0.4, 0.5) is 4.39 Å². The van der Waals surface area contributed by atoms with Gasteiger partial charge in [-0.15, -0.1) is 11.3 Å². The van der Waals surface area contributed by atoms with E-state index in [0.717, 1.165) is 16.6 Å². The van der Waals surface area contributed by atoms with Crippen molar-refractivity contribution in [3.63, 3.8) is 0 Å². The van der Waals surface area contributed by atoms with Crippen molar-refractivity contribution in [1.82, 2.24) is 9.97 Å². The van der Waals surface area contributed by atoms with Crippen LogP contribution in [-0.2, 0) is 4.74 Å². The number of fused-ring (bicyclic) bond motifs is 1. The lowest BCUT2D eigenvalue weighted by atomic mass is 10.0. The number of nitrogens with one attached hydrogen (secondary N) is 1. The Labute approximate surface area is 170 Å². The van der Waals surface area contributed by atoms with Crippen molar-refractivity contribution >= 4 is 34.0 Å². The number of Topliss-reactive ketones (excluding diaryl/α,β-unsaturated/α-hetero) is 1. The van der Waals surface area contributed by atoms with E-state index in [4.69, 9.17) is 4.74 Å². The van der Waals surface area contributed by atoms with Crippen LogP contribution in [0, 0.1) is 12.7 Å². The Balaban J connectivity index is 1.51. The van der Waals surface area contributed by atoms with E-state index < -0.39 is 12.1 Å². The van der Waals surface area contributed by atoms with Crippen LogP contribution < -0.4 is 0 Å². The largest absolute Gasteiger partial charge is 0.450 e. The van der Waals surface area contributed by atoms with E-state index in [0.29, 0.717) is 16.1 Å². The van der Waals surface area contributed by atoms with Gasteiger partial charge in [-0.1, -0.05) is 18.2 Å². The maximum Gasteiger partial charge on any atom is 0.358 e. The topological polar surface area (TPSA) is 72.1 Å². The molecule has 29 heavy (non-hydrogen) atoms. The number of hydrogen-bond donors (Lipinski definition) is 1. The summed E-state index contributed by atoms with van der Waals surface area (Å²) in [5.74, 6) is -1.29. The summed E-state index contributed by atoms with van der Waals surface area (Å²) in [5.41, 5.74) is 2.92. The van der Waals surface area contributed by atoms with Crippen molar-refractivity contribution in [1.29, 1.82) is 0 Å². The Hall–Kier alpha value is -3.32. The van der Waals surface area contributed by atoms with Gasteiger partial charge in [-0.2, -0.15) is 0 Å². The third-order valence-electron chi connectivity index (χ3n) is 4.60. The molecule has 2 heterocycles. The molecule has 0 fully saturated rings. The fraction of sp³-hybridized carbons (Fsp3) is 0.136. The van der Waals surface area contributed by atoms with Gasteiger partial charge in [-0.3, -0.25) is 4.79 Å². The maximum atomic E-state index is 13.1. The molecule has 0 bridgehead atoms. The lowest BCUT2D eigenvalue weighted by Gasteiger charge is -2.11. The number of para-hydroxylation sites is 1. The van der Waals surface area contributed by atoms with Crippen molar-refractivity contribution in [2.75, 3.05) is 0 Å². The molecule has 0 aliphatic carbocycles. The summed E-state index contributed by atoms with van der Waals surface area (Å²) in [6.45, 7) is 3.37. The first-order chi connectivity index (χ1) is 13.9. The quantitative estimate of drug-likeness (QED) is 0.365. The molecule has 0 unspecified atom stereocenters. The molecule has 1 atom stereocenters. The highest BCUT2D eigenvalue weighted by Crippen LogP contribution is 2.26. The molecule has 0 saturated carbocycles. The van der Waals surface area contributed by atoms with Gasteiger partial charge in [0.25, 0.3) is 0 Å². The molecule has 146 valence electrons. The second kappa shape index (κ2) is 7.60. The maximum absolute atomic E-state index is 13.1. The summed E-state index contributed by atoms with van der Waals surface area (Å²) in [6.07, 6.45) is -0.962. The molecule has 0 aliphatic heterocycles. The molecule has 0 spiro atoms. The molecule has 0 radical (unpaired) electrons. The van der Waals surface area contributed by atoms with Gasteiger partial charge < -0.3 is 9.72 Å². The number of benzene rings is 2. The van der Waals surface area contributed by atoms with E-state index in [1.165, 1.54) is 23.5 Å². The van der Waals surface area contributed by atoms with Crippen molar-refractivity contribution in [3.8, 4) is 10.6 Å². The molecule has 0 saturated heterocycles. The Morgan fingerprint density at radius 1 is 1.14 bits per heavy atom. The first-order valence-electron chi connectivity index (χ1n) is 8.98. The van der Waals surface area contributed by atoms with Crippen LogP contribution in [-0.4, -0.2) is 27.8 Å². The number of nitrogens with zero attached hydrogens (tertiary/aromatic N) is 1. The van der Waals surface area contributed by atoms with Crippen LogP contribution in [0.2, 0.25) is 0 Å². The van der Waals surface area contributed by atoms with Gasteiger partial charge in [0.15, 0.2) is 11.8 Å². The predicted octanol–water partition coefficient (Wildman–Crippen LogP) is 5.17. The first kappa shape index (κ1) is 19.0. The lowest BCUT2D eigenvalue weighted by molar-refractivity contribution is 0.0314. The monoisotopic (exact) mass is 408 g/mol. The number of aromatic amines is 1. The lowest BCUT2D eigenvalue weighted by Crippen LogP contribution is -2.25. The van der Waals surface area contributed by atoms with Gasteiger partial charge in [-0.05, 0) is 44.2 Å². The molecule has 2 aromatic heterocycles. The number of halogens is 1. The third kappa shape index (κ3) is 3.69. The molecule has 5 nitrogen and oxygen atoms in total. The number of ether oxygens (including phenoxy) is 1. The molecule has 4 rings (SSSR count). The van der Waals surface area contributed by atoms with Gasteiger partial charge in [-0.25, -0.2) is 14.2 Å². The second-order valence-electron chi connectivity index (χ2n) is 6.63. The molecule has 7 heteroatoms. The Morgan fingerprint density at radius 2 is 1.86 bits per heavy atom. The number of esters is 1. The number of H-pyrrole nitrogens is 1. The van der Waals surface area contributed by atoms with Gasteiger partial charge >= 0.3 is 5.97 Å². The number of rotatable bonds is 5. The van der Waals surface area contributed by atoms with Crippen LogP contribution in [0.25, 0.3) is 21.5 Å². The second-order valence-corrected chi connectivity index (χ2v) is 7.49. The minimum absolute atomic E-state index is 0.115. The SMILES string of the molecule is Cc1[nH]c2ccccc2c1C(=O)[C@H](C)OC(=O)c1csc(-c2ccc(F)cc2)n1. The zero-order valence-corrected chi connectivity index (χ0v) is 16.5. The van der Waals surface area contributed by atoms with Crippen molar-refractivity contribution in [3.05, 3.63) is 76.7 Å². The fourth-order valence-corrected chi connectivity index (χ4v) is 3.96. The van der Waals surface area contributed by atoms with Crippen molar-refractivity contribution in [2.45, 2.75) is 20.0 Å². The third-order valence-corrected chi connectivity index (χ3v) is 5.49. The van der Waals surface area contributed by atoms with Crippen LogP contribution in [0.5, 0.6) is 0 Å². The Bertz CT molecular complexity index is 1210. The number of carbonyl (C=O) groups is 2. The minimum atomic E-state index is -0.962. The zero-order chi connectivity index (χ0) is 20.5. The minimum Gasteiger partial charge on any atom is -0.450 e. The fourth-order valence-electron chi connectivity index (χ4n) is 3.16. The van der Waals surface area contributed by atoms with E-state index in [1.807, 2.05) is 31.2 Å². The van der Waals surface area contributed by atoms with Crippen LogP contribution in [0.3, 0.4) is 0 Å². The molecule has 0 aliphatic rings. The number of aromatic nitrogens is 2. The molecule has 2 aromatic carbocycles.